The van der Waals surface area contributed by atoms with Crippen molar-refractivity contribution in [1.29, 1.82) is 0 Å². The molecule has 3 rings (SSSR count). The van der Waals surface area contributed by atoms with Gasteiger partial charge in [0.2, 0.25) is 0 Å². The highest BCUT2D eigenvalue weighted by molar-refractivity contribution is 5.94. The largest absolute Gasteiger partial charge is 0.344 e. The van der Waals surface area contributed by atoms with E-state index in [9.17, 15) is 4.79 Å². The van der Waals surface area contributed by atoms with Gasteiger partial charge in [0.1, 0.15) is 0 Å². The van der Waals surface area contributed by atoms with Crippen LogP contribution in [0.2, 0.25) is 0 Å². The lowest BCUT2D eigenvalue weighted by atomic mass is 9.97. The van der Waals surface area contributed by atoms with Crippen molar-refractivity contribution in [2.75, 3.05) is 0 Å². The number of amides is 1. The van der Waals surface area contributed by atoms with Crippen LogP contribution in [0.4, 0.5) is 0 Å². The highest BCUT2D eigenvalue weighted by Gasteiger charge is 2.18. The van der Waals surface area contributed by atoms with Gasteiger partial charge in [-0.1, -0.05) is 48.0 Å². The summed E-state index contributed by atoms with van der Waals surface area (Å²) < 4.78 is 1.78. The summed E-state index contributed by atoms with van der Waals surface area (Å²) in [6, 6.07) is 16.0. The molecule has 134 valence electrons. The standard InChI is InChI=1S/C22H25N3O/c1-14-11-15(2)21(16(3)12-14)20-13-19(24-25(20)5)22(26)23-17(4)18-9-7-6-8-10-18/h6-13,17H,1-5H3,(H,23,26)/t17-/m1/s1. The first-order valence-corrected chi connectivity index (χ1v) is 8.85. The number of rotatable bonds is 4. The molecular weight excluding hydrogens is 322 g/mol. The van der Waals surface area contributed by atoms with E-state index in [0.29, 0.717) is 5.69 Å². The third-order valence-electron chi connectivity index (χ3n) is 4.69. The average molecular weight is 347 g/mol. The van der Waals surface area contributed by atoms with Crippen LogP contribution in [0.25, 0.3) is 11.3 Å². The first-order valence-electron chi connectivity index (χ1n) is 8.85. The molecule has 0 unspecified atom stereocenters. The Balaban J connectivity index is 1.88. The second-order valence-electron chi connectivity index (χ2n) is 6.92. The number of aromatic nitrogens is 2. The van der Waals surface area contributed by atoms with E-state index < -0.39 is 0 Å². The van der Waals surface area contributed by atoms with E-state index in [1.54, 1.807) is 4.68 Å². The van der Waals surface area contributed by atoms with E-state index in [2.05, 4.69) is 43.3 Å². The summed E-state index contributed by atoms with van der Waals surface area (Å²) in [5.41, 5.74) is 7.22. The summed E-state index contributed by atoms with van der Waals surface area (Å²) in [6.45, 7) is 8.27. The van der Waals surface area contributed by atoms with Gasteiger partial charge in [0.25, 0.3) is 5.91 Å². The monoisotopic (exact) mass is 347 g/mol. The molecular formula is C22H25N3O. The van der Waals surface area contributed by atoms with Crippen molar-refractivity contribution in [3.8, 4) is 11.3 Å². The third kappa shape index (κ3) is 3.54. The molecule has 0 aliphatic carbocycles. The molecule has 1 amide bonds. The molecule has 2 aromatic carbocycles. The van der Waals surface area contributed by atoms with Crippen LogP contribution in [-0.2, 0) is 7.05 Å². The van der Waals surface area contributed by atoms with E-state index in [0.717, 1.165) is 16.8 Å². The summed E-state index contributed by atoms with van der Waals surface area (Å²) in [4.78, 5) is 12.7. The molecule has 4 heteroatoms. The van der Waals surface area contributed by atoms with Gasteiger partial charge in [0, 0.05) is 12.6 Å². The quantitative estimate of drug-likeness (QED) is 0.755. The summed E-state index contributed by atoms with van der Waals surface area (Å²) in [5, 5.41) is 7.47. The Hall–Kier alpha value is -2.88. The van der Waals surface area contributed by atoms with Crippen LogP contribution >= 0.6 is 0 Å². The van der Waals surface area contributed by atoms with Crippen molar-refractivity contribution in [2.45, 2.75) is 33.7 Å². The second kappa shape index (κ2) is 7.16. The first-order chi connectivity index (χ1) is 12.4. The Bertz CT molecular complexity index is 918. The van der Waals surface area contributed by atoms with Gasteiger partial charge in [-0.15, -0.1) is 0 Å². The molecule has 1 atom stereocenters. The number of aryl methyl sites for hydroxylation is 4. The minimum Gasteiger partial charge on any atom is -0.344 e. The topological polar surface area (TPSA) is 46.9 Å². The van der Waals surface area contributed by atoms with Crippen LogP contribution in [0.3, 0.4) is 0 Å². The molecule has 0 spiro atoms. The van der Waals surface area contributed by atoms with Crippen LogP contribution in [0.15, 0.2) is 48.5 Å². The zero-order valence-corrected chi connectivity index (χ0v) is 16.0. The molecule has 0 aliphatic heterocycles. The molecule has 26 heavy (non-hydrogen) atoms. The van der Waals surface area contributed by atoms with Crippen molar-refractivity contribution in [2.24, 2.45) is 7.05 Å². The summed E-state index contributed by atoms with van der Waals surface area (Å²) in [6.07, 6.45) is 0. The Labute approximate surface area is 154 Å². The highest BCUT2D eigenvalue weighted by atomic mass is 16.2. The van der Waals surface area contributed by atoms with Crippen LogP contribution in [0.5, 0.6) is 0 Å². The zero-order chi connectivity index (χ0) is 18.8. The minimum absolute atomic E-state index is 0.0722. The maximum atomic E-state index is 12.7. The second-order valence-corrected chi connectivity index (χ2v) is 6.92. The molecule has 0 saturated heterocycles. The van der Waals surface area contributed by atoms with Gasteiger partial charge in [-0.2, -0.15) is 5.10 Å². The predicted molar refractivity (Wildman–Crippen MR) is 105 cm³/mol. The van der Waals surface area contributed by atoms with Gasteiger partial charge < -0.3 is 5.32 Å². The maximum Gasteiger partial charge on any atom is 0.272 e. The Morgan fingerprint density at radius 2 is 1.65 bits per heavy atom. The fourth-order valence-corrected chi connectivity index (χ4v) is 3.49. The van der Waals surface area contributed by atoms with Crippen LogP contribution in [0, 0.1) is 20.8 Å². The molecule has 0 fully saturated rings. The SMILES string of the molecule is Cc1cc(C)c(-c2cc(C(=O)N[C@H](C)c3ccccc3)nn2C)c(C)c1. The molecule has 4 nitrogen and oxygen atoms in total. The lowest BCUT2D eigenvalue weighted by Gasteiger charge is -2.13. The fraction of sp³-hybridized carbons (Fsp3) is 0.273. The number of carbonyl (C=O) groups is 1. The highest BCUT2D eigenvalue weighted by Crippen LogP contribution is 2.28. The maximum absolute atomic E-state index is 12.7. The number of benzene rings is 2. The van der Waals surface area contributed by atoms with E-state index in [1.807, 2.05) is 50.4 Å². The molecule has 0 bridgehead atoms. The number of nitrogens with zero attached hydrogens (tertiary/aromatic N) is 2. The minimum atomic E-state index is -0.161. The number of nitrogens with one attached hydrogen (secondary N) is 1. The fourth-order valence-electron chi connectivity index (χ4n) is 3.49. The smallest absolute Gasteiger partial charge is 0.272 e. The van der Waals surface area contributed by atoms with E-state index in [4.69, 9.17) is 0 Å². The average Bonchev–Trinajstić information content (AvgIpc) is 2.96. The molecule has 0 radical (unpaired) electrons. The third-order valence-corrected chi connectivity index (χ3v) is 4.69. The Kier molecular flexibility index (Phi) is 4.94. The van der Waals surface area contributed by atoms with Crippen molar-refractivity contribution in [3.63, 3.8) is 0 Å². The molecule has 3 aromatic rings. The van der Waals surface area contributed by atoms with Gasteiger partial charge in [-0.05, 0) is 50.5 Å². The van der Waals surface area contributed by atoms with Crippen LogP contribution in [0.1, 0.15) is 45.7 Å². The molecule has 1 N–H and O–H groups in total. The van der Waals surface area contributed by atoms with Gasteiger partial charge in [0.05, 0.1) is 11.7 Å². The van der Waals surface area contributed by atoms with Gasteiger partial charge >= 0.3 is 0 Å². The number of hydrogen-bond acceptors (Lipinski definition) is 2. The number of carbonyl (C=O) groups excluding carboxylic acids is 1. The van der Waals surface area contributed by atoms with Crippen LogP contribution in [-0.4, -0.2) is 15.7 Å². The van der Waals surface area contributed by atoms with E-state index >= 15 is 0 Å². The van der Waals surface area contributed by atoms with E-state index in [-0.39, 0.29) is 11.9 Å². The van der Waals surface area contributed by atoms with Gasteiger partial charge in [0.15, 0.2) is 5.69 Å². The summed E-state index contributed by atoms with van der Waals surface area (Å²) >= 11 is 0. The zero-order valence-electron chi connectivity index (χ0n) is 16.0. The van der Waals surface area contributed by atoms with Crippen molar-refractivity contribution >= 4 is 5.91 Å². The van der Waals surface area contributed by atoms with Crippen molar-refractivity contribution in [1.82, 2.24) is 15.1 Å². The first kappa shape index (κ1) is 17.9. The number of hydrogen-bond donors (Lipinski definition) is 1. The lowest BCUT2D eigenvalue weighted by molar-refractivity contribution is 0.0934. The molecule has 0 saturated carbocycles. The van der Waals surface area contributed by atoms with Crippen molar-refractivity contribution < 1.29 is 4.79 Å². The molecule has 1 heterocycles. The normalized spacial score (nSPS) is 12.0. The van der Waals surface area contributed by atoms with Gasteiger partial charge in [-0.3, -0.25) is 9.48 Å². The molecule has 1 aromatic heterocycles. The Morgan fingerprint density at radius 1 is 1.04 bits per heavy atom. The van der Waals surface area contributed by atoms with E-state index in [1.165, 1.54) is 16.7 Å². The Morgan fingerprint density at radius 3 is 2.27 bits per heavy atom. The predicted octanol–water partition coefficient (Wildman–Crippen LogP) is 4.50. The summed E-state index contributed by atoms with van der Waals surface area (Å²) in [5.74, 6) is -0.161. The lowest BCUT2D eigenvalue weighted by Crippen LogP contribution is -2.27. The van der Waals surface area contributed by atoms with Gasteiger partial charge in [-0.25, -0.2) is 0 Å². The molecule has 0 aliphatic rings. The summed E-state index contributed by atoms with van der Waals surface area (Å²) in [7, 11) is 1.88. The van der Waals surface area contributed by atoms with Crippen molar-refractivity contribution in [3.05, 3.63) is 76.5 Å². The van der Waals surface area contributed by atoms with Crippen LogP contribution < -0.4 is 5.32 Å².